The summed E-state index contributed by atoms with van der Waals surface area (Å²) in [7, 11) is 0. The summed E-state index contributed by atoms with van der Waals surface area (Å²) in [5, 5.41) is 11.5. The summed E-state index contributed by atoms with van der Waals surface area (Å²) in [4.78, 5) is 12.9. The quantitative estimate of drug-likeness (QED) is 0.602. The van der Waals surface area contributed by atoms with Crippen LogP contribution >= 0.6 is 43.2 Å². The first kappa shape index (κ1) is 17.4. The molecule has 3 aromatic heterocycles. The average molecular weight is 473 g/mol. The number of aryl methyl sites for hydroxylation is 1. The summed E-state index contributed by atoms with van der Waals surface area (Å²) in [6.07, 6.45) is 5.33. The molecule has 1 N–H and O–H groups in total. The lowest BCUT2D eigenvalue weighted by Gasteiger charge is -2.03. The number of amides is 1. The largest absolute Gasteiger partial charge is 0.319 e. The number of carbonyl (C=O) groups excluding carboxylic acids is 1. The van der Waals surface area contributed by atoms with Gasteiger partial charge in [-0.1, -0.05) is 0 Å². The molecule has 0 aliphatic rings. The lowest BCUT2D eigenvalue weighted by atomic mass is 10.2. The second kappa shape index (κ2) is 7.20. The van der Waals surface area contributed by atoms with Crippen molar-refractivity contribution in [2.45, 2.75) is 26.9 Å². The van der Waals surface area contributed by atoms with Gasteiger partial charge in [0, 0.05) is 28.5 Å². The van der Waals surface area contributed by atoms with Crippen molar-refractivity contribution in [3.63, 3.8) is 0 Å². The van der Waals surface area contributed by atoms with E-state index >= 15 is 0 Å². The van der Waals surface area contributed by atoms with E-state index < -0.39 is 0 Å². The van der Waals surface area contributed by atoms with Crippen molar-refractivity contribution in [1.29, 1.82) is 0 Å². The van der Waals surface area contributed by atoms with E-state index in [-0.39, 0.29) is 5.91 Å². The molecule has 3 aromatic rings. The second-order valence-electron chi connectivity index (χ2n) is 5.18. The Kier molecular flexibility index (Phi) is 5.21. The number of hydrogen-bond donors (Lipinski definition) is 1. The smallest absolute Gasteiger partial charge is 0.265 e. The highest BCUT2D eigenvalue weighted by Gasteiger charge is 2.13. The minimum absolute atomic E-state index is 0.152. The minimum atomic E-state index is -0.152. The van der Waals surface area contributed by atoms with Crippen molar-refractivity contribution in [3.8, 4) is 0 Å². The molecule has 0 fully saturated rings. The Morgan fingerprint density at radius 3 is 2.75 bits per heavy atom. The molecule has 1 amide bonds. The summed E-state index contributed by atoms with van der Waals surface area (Å²) in [6.45, 7) is 5.58. The Morgan fingerprint density at radius 1 is 1.33 bits per heavy atom. The zero-order chi connectivity index (χ0) is 17.3. The number of rotatable bonds is 5. The Bertz CT molecular complexity index is 863. The fourth-order valence-corrected chi connectivity index (χ4v) is 4.23. The zero-order valence-electron chi connectivity index (χ0n) is 13.1. The molecule has 0 radical (unpaired) electrons. The van der Waals surface area contributed by atoms with E-state index in [1.807, 2.05) is 24.0 Å². The number of nitrogens with one attached hydrogen (secondary N) is 1. The molecule has 6 nitrogen and oxygen atoms in total. The molecule has 24 heavy (non-hydrogen) atoms. The van der Waals surface area contributed by atoms with Gasteiger partial charge in [-0.2, -0.15) is 10.2 Å². The topological polar surface area (TPSA) is 64.7 Å². The predicted molar refractivity (Wildman–Crippen MR) is 102 cm³/mol. The van der Waals surface area contributed by atoms with Gasteiger partial charge in [0.1, 0.15) is 0 Å². The van der Waals surface area contributed by atoms with Crippen LogP contribution in [0.5, 0.6) is 0 Å². The van der Waals surface area contributed by atoms with Crippen LogP contribution in [-0.4, -0.2) is 25.5 Å². The maximum atomic E-state index is 12.3. The molecule has 0 saturated carbocycles. The van der Waals surface area contributed by atoms with Crippen LogP contribution in [0.15, 0.2) is 32.9 Å². The molecule has 0 spiro atoms. The first-order chi connectivity index (χ1) is 11.5. The van der Waals surface area contributed by atoms with Crippen molar-refractivity contribution in [2.75, 3.05) is 5.32 Å². The van der Waals surface area contributed by atoms with E-state index in [1.165, 1.54) is 11.3 Å². The molecular weight excluding hydrogens is 458 g/mol. The summed E-state index contributed by atoms with van der Waals surface area (Å²) in [5.74, 6) is -0.152. The van der Waals surface area contributed by atoms with Gasteiger partial charge in [-0.25, -0.2) is 0 Å². The number of nitrogens with zero attached hydrogens (tertiary/aromatic N) is 4. The Hall–Kier alpha value is -1.45. The van der Waals surface area contributed by atoms with Gasteiger partial charge in [0.25, 0.3) is 5.91 Å². The van der Waals surface area contributed by atoms with Crippen LogP contribution in [0.4, 0.5) is 5.69 Å². The number of aromatic nitrogens is 4. The maximum Gasteiger partial charge on any atom is 0.265 e. The molecule has 9 heteroatoms. The van der Waals surface area contributed by atoms with Crippen molar-refractivity contribution in [3.05, 3.63) is 49.1 Å². The van der Waals surface area contributed by atoms with E-state index in [4.69, 9.17) is 0 Å². The molecule has 0 atom stereocenters. The van der Waals surface area contributed by atoms with E-state index in [0.29, 0.717) is 17.1 Å². The van der Waals surface area contributed by atoms with Gasteiger partial charge in [0.15, 0.2) is 0 Å². The van der Waals surface area contributed by atoms with E-state index in [1.54, 1.807) is 16.9 Å². The molecular formula is C15H15Br2N5OS. The Morgan fingerprint density at radius 2 is 2.12 bits per heavy atom. The fourth-order valence-electron chi connectivity index (χ4n) is 2.30. The standard InChI is InChI=1S/C15H15Br2N5OS/c1-3-22-9(2)10(5-19-22)7-21-8-11(6-18-21)20-15(23)13-4-12(16)14(17)24-13/h4-6,8H,3,7H2,1-2H3,(H,20,23). The number of anilines is 1. The maximum absolute atomic E-state index is 12.3. The molecule has 0 unspecified atom stereocenters. The van der Waals surface area contributed by atoms with Crippen LogP contribution < -0.4 is 5.32 Å². The number of thiophene rings is 1. The minimum Gasteiger partial charge on any atom is -0.319 e. The highest BCUT2D eigenvalue weighted by Crippen LogP contribution is 2.32. The summed E-state index contributed by atoms with van der Waals surface area (Å²) < 4.78 is 5.51. The van der Waals surface area contributed by atoms with Gasteiger partial charge in [-0.05, 0) is 51.8 Å². The van der Waals surface area contributed by atoms with Crippen LogP contribution in [0.25, 0.3) is 0 Å². The first-order valence-corrected chi connectivity index (χ1v) is 9.68. The summed E-state index contributed by atoms with van der Waals surface area (Å²) >= 11 is 8.16. The van der Waals surface area contributed by atoms with Crippen molar-refractivity contribution < 1.29 is 4.79 Å². The van der Waals surface area contributed by atoms with Crippen molar-refractivity contribution >= 4 is 54.8 Å². The van der Waals surface area contributed by atoms with E-state index in [9.17, 15) is 4.79 Å². The summed E-state index contributed by atoms with van der Waals surface area (Å²) in [6, 6.07) is 1.79. The lowest BCUT2D eigenvalue weighted by molar-refractivity contribution is 0.103. The van der Waals surface area contributed by atoms with Crippen LogP contribution in [0.2, 0.25) is 0 Å². The third-order valence-corrected chi connectivity index (χ3v) is 6.85. The Labute approximate surface area is 160 Å². The lowest BCUT2D eigenvalue weighted by Crippen LogP contribution is -2.09. The van der Waals surface area contributed by atoms with E-state index in [2.05, 4.69) is 54.3 Å². The SMILES string of the molecule is CCn1ncc(Cn2cc(NC(=O)c3cc(Br)c(Br)s3)cn2)c1C. The van der Waals surface area contributed by atoms with Crippen LogP contribution in [0.3, 0.4) is 0 Å². The molecule has 3 rings (SSSR count). The molecule has 3 heterocycles. The van der Waals surface area contributed by atoms with Crippen molar-refractivity contribution in [1.82, 2.24) is 19.6 Å². The molecule has 126 valence electrons. The predicted octanol–water partition coefficient (Wildman–Crippen LogP) is 4.30. The van der Waals surface area contributed by atoms with Crippen LogP contribution in [0.1, 0.15) is 27.9 Å². The third kappa shape index (κ3) is 3.62. The average Bonchev–Trinajstić information content (AvgIpc) is 3.22. The first-order valence-electron chi connectivity index (χ1n) is 7.28. The van der Waals surface area contributed by atoms with Crippen LogP contribution in [-0.2, 0) is 13.1 Å². The van der Waals surface area contributed by atoms with E-state index in [0.717, 1.165) is 26.1 Å². The highest BCUT2D eigenvalue weighted by atomic mass is 79.9. The Balaban J connectivity index is 1.69. The molecule has 0 aliphatic heterocycles. The second-order valence-corrected chi connectivity index (χ2v) is 8.41. The molecule has 0 aromatic carbocycles. The number of hydrogen-bond acceptors (Lipinski definition) is 4. The molecule has 0 saturated heterocycles. The van der Waals surface area contributed by atoms with Crippen molar-refractivity contribution in [2.24, 2.45) is 0 Å². The normalized spacial score (nSPS) is 11.0. The summed E-state index contributed by atoms with van der Waals surface area (Å²) in [5.41, 5.74) is 2.91. The number of carbonyl (C=O) groups is 1. The van der Waals surface area contributed by atoms with Crippen LogP contribution in [0, 0.1) is 6.92 Å². The molecule has 0 aliphatic carbocycles. The van der Waals surface area contributed by atoms with Gasteiger partial charge in [-0.15, -0.1) is 11.3 Å². The van der Waals surface area contributed by atoms with Gasteiger partial charge in [0.2, 0.25) is 0 Å². The van der Waals surface area contributed by atoms with Gasteiger partial charge in [0.05, 0.1) is 33.3 Å². The monoisotopic (exact) mass is 471 g/mol. The fraction of sp³-hybridized carbons (Fsp3) is 0.267. The third-order valence-electron chi connectivity index (χ3n) is 3.60. The van der Waals surface area contributed by atoms with Gasteiger partial charge < -0.3 is 5.32 Å². The highest BCUT2D eigenvalue weighted by molar-refractivity contribution is 9.13. The number of halogens is 2. The van der Waals surface area contributed by atoms with Gasteiger partial charge >= 0.3 is 0 Å². The molecule has 0 bridgehead atoms. The van der Waals surface area contributed by atoms with Gasteiger partial charge in [-0.3, -0.25) is 14.2 Å². The zero-order valence-corrected chi connectivity index (χ0v) is 17.1.